The van der Waals surface area contributed by atoms with Gasteiger partial charge in [0, 0.05) is 29.8 Å². The number of carbonyl (C=O) groups excluding carboxylic acids is 1. The molecule has 0 aliphatic carbocycles. The summed E-state index contributed by atoms with van der Waals surface area (Å²) in [7, 11) is 0. The van der Waals surface area contributed by atoms with Crippen LogP contribution in [0.4, 0.5) is 11.4 Å². The Bertz CT molecular complexity index is 438. The van der Waals surface area contributed by atoms with Gasteiger partial charge in [-0.3, -0.25) is 4.79 Å². The van der Waals surface area contributed by atoms with Crippen LogP contribution in [0.25, 0.3) is 0 Å². The number of anilines is 2. The molecule has 0 radical (unpaired) electrons. The second kappa shape index (κ2) is 4.40. The Morgan fingerprint density at radius 3 is 2.88 bits per heavy atom. The molecular formula is C14H20N2O. The third-order valence-electron chi connectivity index (χ3n) is 3.20. The van der Waals surface area contributed by atoms with Crippen LogP contribution in [-0.4, -0.2) is 12.5 Å². The van der Waals surface area contributed by atoms with Crippen molar-refractivity contribution in [2.75, 3.05) is 17.2 Å². The predicted molar refractivity (Wildman–Crippen MR) is 71.5 cm³/mol. The maximum Gasteiger partial charge on any atom is 0.225 e. The fourth-order valence-corrected chi connectivity index (χ4v) is 2.28. The molecule has 3 nitrogen and oxygen atoms in total. The molecule has 1 aromatic rings. The highest BCUT2D eigenvalue weighted by Crippen LogP contribution is 2.38. The molecule has 3 heteroatoms. The zero-order valence-corrected chi connectivity index (χ0v) is 10.8. The lowest BCUT2D eigenvalue weighted by Crippen LogP contribution is -2.32. The van der Waals surface area contributed by atoms with E-state index in [4.69, 9.17) is 0 Å². The molecule has 0 fully saturated rings. The molecule has 2 rings (SSSR count). The van der Waals surface area contributed by atoms with Crippen LogP contribution in [0.3, 0.4) is 0 Å². The van der Waals surface area contributed by atoms with Crippen LogP contribution in [0.15, 0.2) is 18.2 Å². The van der Waals surface area contributed by atoms with E-state index in [1.165, 1.54) is 5.56 Å². The van der Waals surface area contributed by atoms with Gasteiger partial charge in [-0.1, -0.05) is 20.8 Å². The van der Waals surface area contributed by atoms with Crippen LogP contribution in [0, 0.1) is 0 Å². The molecule has 17 heavy (non-hydrogen) atoms. The van der Waals surface area contributed by atoms with Gasteiger partial charge in [-0.25, -0.2) is 0 Å². The van der Waals surface area contributed by atoms with Crippen molar-refractivity contribution in [2.45, 2.75) is 39.0 Å². The first-order valence-electron chi connectivity index (χ1n) is 6.21. The molecule has 0 saturated carbocycles. The minimum atomic E-state index is -0.0818. The Morgan fingerprint density at radius 2 is 2.18 bits per heavy atom. The van der Waals surface area contributed by atoms with Gasteiger partial charge in [-0.05, 0) is 30.2 Å². The first kappa shape index (κ1) is 12.0. The normalized spacial score (nSPS) is 17.2. The van der Waals surface area contributed by atoms with Gasteiger partial charge in [0.05, 0.1) is 0 Å². The van der Waals surface area contributed by atoms with Gasteiger partial charge in [-0.15, -0.1) is 0 Å². The van der Waals surface area contributed by atoms with E-state index in [9.17, 15) is 4.79 Å². The smallest absolute Gasteiger partial charge is 0.225 e. The van der Waals surface area contributed by atoms with Gasteiger partial charge in [0.2, 0.25) is 5.91 Å². The van der Waals surface area contributed by atoms with E-state index in [0.29, 0.717) is 6.42 Å². The van der Waals surface area contributed by atoms with Gasteiger partial charge < -0.3 is 10.6 Å². The van der Waals surface area contributed by atoms with Gasteiger partial charge >= 0.3 is 0 Å². The molecule has 0 spiro atoms. The highest BCUT2D eigenvalue weighted by Gasteiger charge is 2.31. The topological polar surface area (TPSA) is 41.1 Å². The average molecular weight is 232 g/mol. The Morgan fingerprint density at radius 1 is 1.41 bits per heavy atom. The largest absolute Gasteiger partial charge is 0.385 e. The van der Waals surface area contributed by atoms with E-state index in [1.54, 1.807) is 0 Å². The number of hydrogen-bond donors (Lipinski definition) is 2. The molecular weight excluding hydrogens is 212 g/mol. The third kappa shape index (κ3) is 2.43. The van der Waals surface area contributed by atoms with Gasteiger partial charge in [-0.2, -0.15) is 0 Å². The molecule has 92 valence electrons. The van der Waals surface area contributed by atoms with Crippen molar-refractivity contribution in [3.8, 4) is 0 Å². The third-order valence-corrected chi connectivity index (χ3v) is 3.20. The highest BCUT2D eigenvalue weighted by atomic mass is 16.1. The van der Waals surface area contributed by atoms with Crippen LogP contribution in [-0.2, 0) is 10.2 Å². The molecule has 2 N–H and O–H groups in total. The standard InChI is InChI=1S/C14H20N2O/c1-4-7-15-10-5-6-12-11(8-10)14(2,3)9-13(17)16-12/h5-6,8,15H,4,7,9H2,1-3H3,(H,16,17). The Hall–Kier alpha value is -1.51. The summed E-state index contributed by atoms with van der Waals surface area (Å²) in [6, 6.07) is 6.17. The van der Waals surface area contributed by atoms with Crippen LogP contribution in [0.2, 0.25) is 0 Å². The Labute approximate surface area is 103 Å². The summed E-state index contributed by atoms with van der Waals surface area (Å²) in [6.45, 7) is 7.36. The van der Waals surface area contributed by atoms with E-state index < -0.39 is 0 Å². The second-order valence-corrected chi connectivity index (χ2v) is 5.30. The monoisotopic (exact) mass is 232 g/mol. The minimum absolute atomic E-state index is 0.0818. The summed E-state index contributed by atoms with van der Waals surface area (Å²) in [5.74, 6) is 0.108. The lowest BCUT2D eigenvalue weighted by Gasteiger charge is -2.32. The molecule has 1 aliphatic heterocycles. The molecule has 1 aromatic carbocycles. The number of fused-ring (bicyclic) bond motifs is 1. The number of benzene rings is 1. The zero-order valence-electron chi connectivity index (χ0n) is 10.8. The lowest BCUT2D eigenvalue weighted by molar-refractivity contribution is -0.117. The number of amides is 1. The summed E-state index contributed by atoms with van der Waals surface area (Å²) in [4.78, 5) is 11.6. The maximum absolute atomic E-state index is 11.6. The van der Waals surface area contributed by atoms with Crippen LogP contribution < -0.4 is 10.6 Å². The van der Waals surface area contributed by atoms with Crippen molar-refractivity contribution in [1.82, 2.24) is 0 Å². The fourth-order valence-electron chi connectivity index (χ4n) is 2.28. The van der Waals surface area contributed by atoms with E-state index in [1.807, 2.05) is 12.1 Å². The van der Waals surface area contributed by atoms with Crippen molar-refractivity contribution in [3.05, 3.63) is 23.8 Å². The Kier molecular flexibility index (Phi) is 3.09. The van der Waals surface area contributed by atoms with Crippen molar-refractivity contribution < 1.29 is 4.79 Å². The summed E-state index contributed by atoms with van der Waals surface area (Å²) < 4.78 is 0. The number of carbonyl (C=O) groups is 1. The predicted octanol–water partition coefficient (Wildman–Crippen LogP) is 3.13. The molecule has 1 amide bonds. The molecule has 0 unspecified atom stereocenters. The number of hydrogen-bond acceptors (Lipinski definition) is 2. The first-order valence-corrected chi connectivity index (χ1v) is 6.21. The minimum Gasteiger partial charge on any atom is -0.385 e. The first-order chi connectivity index (χ1) is 8.03. The molecule has 1 aliphatic rings. The molecule has 0 atom stereocenters. The van der Waals surface area contributed by atoms with Gasteiger partial charge in [0.25, 0.3) is 0 Å². The van der Waals surface area contributed by atoms with Crippen LogP contribution >= 0.6 is 0 Å². The highest BCUT2D eigenvalue weighted by molar-refractivity contribution is 5.95. The van der Waals surface area contributed by atoms with E-state index in [-0.39, 0.29) is 11.3 Å². The zero-order chi connectivity index (χ0) is 12.5. The van der Waals surface area contributed by atoms with Gasteiger partial charge in [0.1, 0.15) is 0 Å². The average Bonchev–Trinajstić information content (AvgIpc) is 2.25. The lowest BCUT2D eigenvalue weighted by atomic mass is 9.78. The summed E-state index contributed by atoms with van der Waals surface area (Å²) in [5, 5.41) is 6.31. The van der Waals surface area contributed by atoms with E-state index in [0.717, 1.165) is 24.3 Å². The quantitative estimate of drug-likeness (QED) is 0.840. The van der Waals surface area contributed by atoms with Crippen LogP contribution in [0.5, 0.6) is 0 Å². The summed E-state index contributed by atoms with van der Waals surface area (Å²) in [5.41, 5.74) is 3.23. The van der Waals surface area contributed by atoms with Crippen LogP contribution in [0.1, 0.15) is 39.2 Å². The van der Waals surface area contributed by atoms with Crippen molar-refractivity contribution in [2.24, 2.45) is 0 Å². The number of rotatable bonds is 3. The van der Waals surface area contributed by atoms with E-state index >= 15 is 0 Å². The summed E-state index contributed by atoms with van der Waals surface area (Å²) >= 11 is 0. The molecule has 1 heterocycles. The summed E-state index contributed by atoms with van der Waals surface area (Å²) in [6.07, 6.45) is 1.66. The molecule has 0 aromatic heterocycles. The fraction of sp³-hybridized carbons (Fsp3) is 0.500. The van der Waals surface area contributed by atoms with E-state index in [2.05, 4.69) is 37.5 Å². The van der Waals surface area contributed by atoms with Gasteiger partial charge in [0.15, 0.2) is 0 Å². The number of nitrogens with one attached hydrogen (secondary N) is 2. The van der Waals surface area contributed by atoms with Crippen molar-refractivity contribution in [3.63, 3.8) is 0 Å². The van der Waals surface area contributed by atoms with Crippen molar-refractivity contribution in [1.29, 1.82) is 0 Å². The molecule has 0 bridgehead atoms. The SMILES string of the molecule is CCCNc1ccc2c(c1)C(C)(C)CC(=O)N2. The Balaban J connectivity index is 2.33. The maximum atomic E-state index is 11.6. The van der Waals surface area contributed by atoms with Crippen molar-refractivity contribution >= 4 is 17.3 Å². The second-order valence-electron chi connectivity index (χ2n) is 5.30. The molecule has 0 saturated heterocycles.